The summed E-state index contributed by atoms with van der Waals surface area (Å²) in [4.78, 5) is 21.6. The molecule has 0 spiro atoms. The van der Waals surface area contributed by atoms with E-state index in [4.69, 9.17) is 35.2 Å². The second-order valence-corrected chi connectivity index (χ2v) is 3.39. The summed E-state index contributed by atoms with van der Waals surface area (Å²) in [6, 6.07) is 0. The molecule has 0 heterocycles. The minimum atomic E-state index is -5.25. The van der Waals surface area contributed by atoms with Crippen molar-refractivity contribution >= 4 is 7.82 Å². The molecule has 64 valence electrons. The molecule has 0 saturated heterocycles. The molecule has 0 aromatic heterocycles. The molecular formula is H5CrO8P. The fraction of sp³-hybridized carbons (Fsp3) is 0. The van der Waals surface area contributed by atoms with Gasteiger partial charge in [0.15, 0.2) is 0 Å². The molecule has 8 nitrogen and oxygen atoms in total. The molecule has 5 N–H and O–H groups in total. The molecule has 0 amide bonds. The molecule has 0 aromatic carbocycles. The van der Waals surface area contributed by atoms with Crippen molar-refractivity contribution in [1.82, 2.24) is 0 Å². The van der Waals surface area contributed by atoms with Gasteiger partial charge in [-0.1, -0.05) is 0 Å². The zero-order valence-electron chi connectivity index (χ0n) is 4.32. The molecule has 0 aliphatic heterocycles. The first-order chi connectivity index (χ1) is 4.00. The zero-order valence-corrected chi connectivity index (χ0v) is 6.49. The Hall–Kier alpha value is 0.162. The maximum absolute atomic E-state index is 8.88. The average molecular weight is 216 g/mol. The summed E-state index contributed by atoms with van der Waals surface area (Å²) in [7, 11) is -4.64. The quantitative estimate of drug-likeness (QED) is 0.284. The summed E-state index contributed by atoms with van der Waals surface area (Å²) in [5.74, 6) is 0. The molecule has 0 atom stereocenters. The van der Waals surface area contributed by atoms with Crippen molar-refractivity contribution in [1.29, 1.82) is 0 Å². The van der Waals surface area contributed by atoms with E-state index >= 15 is 0 Å². The van der Waals surface area contributed by atoms with Gasteiger partial charge in [-0.05, 0) is 0 Å². The number of hydrogen-bond donors (Lipinski definition) is 5. The van der Waals surface area contributed by atoms with E-state index in [9.17, 15) is 0 Å². The fourth-order valence-corrected chi connectivity index (χ4v) is 0. The monoisotopic (exact) mass is 216 g/mol. The van der Waals surface area contributed by atoms with E-state index < -0.39 is 21.4 Å². The fourth-order valence-electron chi connectivity index (χ4n) is 0. The molecule has 0 aliphatic carbocycles. The topological polar surface area (TPSA) is 152 Å². The van der Waals surface area contributed by atoms with Crippen LogP contribution in [0.2, 0.25) is 0 Å². The Labute approximate surface area is 57.4 Å². The van der Waals surface area contributed by atoms with Crippen LogP contribution in [0.4, 0.5) is 0 Å². The Morgan fingerprint density at radius 1 is 1.00 bits per heavy atom. The van der Waals surface area contributed by atoms with Crippen LogP contribution >= 0.6 is 7.82 Å². The van der Waals surface area contributed by atoms with E-state index in [1.54, 1.807) is 0 Å². The van der Waals surface area contributed by atoms with Gasteiger partial charge in [0, 0.05) is 0 Å². The second-order valence-electron chi connectivity index (χ2n) is 0.961. The molecular weight excluding hydrogens is 211 g/mol. The second kappa shape index (κ2) is 4.13. The van der Waals surface area contributed by atoms with Crippen LogP contribution in [-0.2, 0) is 25.8 Å². The third-order valence-corrected chi connectivity index (χ3v) is 0. The van der Waals surface area contributed by atoms with Crippen LogP contribution in [0.3, 0.4) is 0 Å². The van der Waals surface area contributed by atoms with Crippen molar-refractivity contribution in [2.24, 2.45) is 0 Å². The summed E-state index contributed by atoms with van der Waals surface area (Å²) < 4.78 is 40.8. The van der Waals surface area contributed by atoms with Crippen molar-refractivity contribution in [3.8, 4) is 0 Å². The van der Waals surface area contributed by atoms with E-state index in [1.807, 2.05) is 0 Å². The van der Waals surface area contributed by atoms with Crippen LogP contribution in [0.5, 0.6) is 0 Å². The normalized spacial score (nSPS) is 11.7. The molecule has 0 rings (SSSR count). The first-order valence-corrected chi connectivity index (χ1v) is 5.23. The molecule has 0 aromatic rings. The molecule has 0 unspecified atom stereocenters. The van der Waals surface area contributed by atoms with Crippen molar-refractivity contribution in [3.05, 3.63) is 0 Å². The predicted octanol–water partition coefficient (Wildman–Crippen LogP) is -2.28. The molecule has 0 aliphatic rings. The number of hydrogen-bond acceptors (Lipinski definition) is 3. The van der Waals surface area contributed by atoms with Gasteiger partial charge >= 0.3 is 37.4 Å². The van der Waals surface area contributed by atoms with Crippen molar-refractivity contribution in [2.45, 2.75) is 0 Å². The molecule has 0 fully saturated rings. The van der Waals surface area contributed by atoms with E-state index in [0.717, 1.165) is 0 Å². The zero-order chi connectivity index (χ0) is 9.00. The Kier molecular flexibility index (Phi) is 5.28. The number of phosphoric acid groups is 1. The van der Waals surface area contributed by atoms with E-state index in [1.165, 1.54) is 0 Å². The standard InChI is InChI=1S/Cr.H3O4P.2H2O.2O/c;1-5(2,3)4;;;;/h;(H3,1,2,3,4);2*1H2;;/q+2;;;;;/p-2. The Morgan fingerprint density at radius 3 is 1.00 bits per heavy atom. The van der Waals surface area contributed by atoms with Gasteiger partial charge in [-0.2, -0.15) is 0 Å². The van der Waals surface area contributed by atoms with Crippen LogP contribution in [0.25, 0.3) is 0 Å². The SMILES string of the molecule is O=P(O)(O)O.[O]=[Cr](=[O])([OH])[OH]. The third kappa shape index (κ3) is 15900. The van der Waals surface area contributed by atoms with Crippen LogP contribution in [-0.4, -0.2) is 23.0 Å². The van der Waals surface area contributed by atoms with E-state index in [-0.39, 0.29) is 0 Å². The summed E-state index contributed by atoms with van der Waals surface area (Å²) in [5.41, 5.74) is 0. The van der Waals surface area contributed by atoms with Gasteiger partial charge < -0.3 is 14.7 Å². The van der Waals surface area contributed by atoms with Gasteiger partial charge in [0.25, 0.3) is 0 Å². The minimum absolute atomic E-state index is 4.64. The number of rotatable bonds is 0. The Morgan fingerprint density at radius 2 is 1.00 bits per heavy atom. The van der Waals surface area contributed by atoms with Crippen LogP contribution in [0, 0.1) is 0 Å². The first kappa shape index (κ1) is 12.8. The molecule has 10 heteroatoms. The van der Waals surface area contributed by atoms with Crippen LogP contribution < -0.4 is 0 Å². The summed E-state index contributed by atoms with van der Waals surface area (Å²) in [6.07, 6.45) is 0. The van der Waals surface area contributed by atoms with Gasteiger partial charge in [-0.15, -0.1) is 0 Å². The van der Waals surface area contributed by atoms with Crippen LogP contribution in [0.15, 0.2) is 0 Å². The summed E-state index contributed by atoms with van der Waals surface area (Å²) in [5, 5.41) is 0. The van der Waals surface area contributed by atoms with Crippen molar-refractivity contribution in [2.75, 3.05) is 0 Å². The maximum atomic E-state index is 8.88. The Balaban J connectivity index is 0. The predicted molar refractivity (Wildman–Crippen MR) is 20.1 cm³/mol. The summed E-state index contributed by atoms with van der Waals surface area (Å²) in [6.45, 7) is 0. The van der Waals surface area contributed by atoms with E-state index in [2.05, 4.69) is 0 Å². The molecule has 0 bridgehead atoms. The average Bonchev–Trinajstić information content (AvgIpc) is 1.12. The van der Waals surface area contributed by atoms with Gasteiger partial charge in [0.1, 0.15) is 0 Å². The van der Waals surface area contributed by atoms with E-state index in [0.29, 0.717) is 0 Å². The van der Waals surface area contributed by atoms with Gasteiger partial charge in [-0.3, -0.25) is 0 Å². The molecule has 10 heavy (non-hydrogen) atoms. The molecule has 0 saturated carbocycles. The van der Waals surface area contributed by atoms with Gasteiger partial charge in [-0.25, -0.2) is 4.57 Å². The molecule has 0 radical (unpaired) electrons. The third-order valence-electron chi connectivity index (χ3n) is 0. The Bertz CT molecular complexity index is 187. The van der Waals surface area contributed by atoms with Crippen molar-refractivity contribution in [3.63, 3.8) is 0 Å². The van der Waals surface area contributed by atoms with Gasteiger partial charge in [0.05, 0.1) is 0 Å². The first-order valence-electron chi connectivity index (χ1n) is 1.48. The summed E-state index contributed by atoms with van der Waals surface area (Å²) >= 11 is -5.25. The van der Waals surface area contributed by atoms with Crippen LogP contribution in [0.1, 0.15) is 0 Å². The van der Waals surface area contributed by atoms with Gasteiger partial charge in [0.2, 0.25) is 0 Å². The van der Waals surface area contributed by atoms with Crippen molar-refractivity contribution < 1.29 is 48.8 Å².